The van der Waals surface area contributed by atoms with Crippen LogP contribution in [0.1, 0.15) is 48.5 Å². The Labute approximate surface area is 141 Å². The van der Waals surface area contributed by atoms with E-state index in [0.717, 1.165) is 33.7 Å². The fraction of sp³-hybridized carbons (Fsp3) is 0.300. The quantitative estimate of drug-likeness (QED) is 0.560. The van der Waals surface area contributed by atoms with Crippen molar-refractivity contribution >= 4 is 22.1 Å². The third-order valence-corrected chi connectivity index (χ3v) is 5.08. The van der Waals surface area contributed by atoms with Gasteiger partial charge in [-0.25, -0.2) is 9.97 Å². The number of imidazole rings is 2. The average Bonchev–Trinajstić information content (AvgIpc) is 3.19. The molecular formula is C20H22N4. The zero-order valence-electron chi connectivity index (χ0n) is 14.5. The molecule has 0 saturated carbocycles. The molecule has 4 heteroatoms. The number of hydrogen-bond donors (Lipinski definition) is 2. The Morgan fingerprint density at radius 1 is 0.708 bits per heavy atom. The van der Waals surface area contributed by atoms with Gasteiger partial charge in [0, 0.05) is 11.8 Å². The van der Waals surface area contributed by atoms with Crippen LogP contribution in [0.2, 0.25) is 0 Å². The summed E-state index contributed by atoms with van der Waals surface area (Å²) < 4.78 is 0. The smallest absolute Gasteiger partial charge is 0.110 e. The highest BCUT2D eigenvalue weighted by molar-refractivity contribution is 5.79. The number of aromatic nitrogens is 4. The summed E-state index contributed by atoms with van der Waals surface area (Å²) in [6.45, 7) is 8.61. The number of aryl methyl sites for hydroxylation is 2. The van der Waals surface area contributed by atoms with Crippen LogP contribution in [-0.2, 0) is 0 Å². The van der Waals surface area contributed by atoms with Gasteiger partial charge in [-0.15, -0.1) is 0 Å². The number of rotatable bonds is 3. The van der Waals surface area contributed by atoms with Crippen molar-refractivity contribution in [1.82, 2.24) is 19.9 Å². The number of para-hydroxylation sites is 2. The lowest BCUT2D eigenvalue weighted by Gasteiger charge is -2.15. The predicted octanol–water partition coefficient (Wildman–Crippen LogP) is 4.96. The van der Waals surface area contributed by atoms with Crippen molar-refractivity contribution in [2.45, 2.75) is 39.5 Å². The molecule has 0 fully saturated rings. The number of fused-ring (bicyclic) bond motifs is 2. The standard InChI is InChI=1S/C20H22N4/c1-11-7-5-9-15-17(11)23-19(21-15)13(3)14(4)20-22-16-10-6-8-12(2)18(16)24-20/h5-10,13-14H,1-4H3,(H,21,23)(H,22,24). The van der Waals surface area contributed by atoms with Gasteiger partial charge in [0.2, 0.25) is 0 Å². The van der Waals surface area contributed by atoms with E-state index < -0.39 is 0 Å². The Bertz CT molecular complexity index is 941. The molecule has 2 heterocycles. The second-order valence-corrected chi connectivity index (χ2v) is 6.76. The topological polar surface area (TPSA) is 57.4 Å². The molecule has 2 aromatic carbocycles. The fourth-order valence-electron chi connectivity index (χ4n) is 3.29. The summed E-state index contributed by atoms with van der Waals surface area (Å²) in [5.74, 6) is 2.53. The maximum atomic E-state index is 4.83. The minimum Gasteiger partial charge on any atom is -0.342 e. The Hall–Kier alpha value is -2.62. The molecule has 0 bridgehead atoms. The van der Waals surface area contributed by atoms with Crippen LogP contribution < -0.4 is 0 Å². The molecule has 2 aromatic heterocycles. The molecule has 0 aliphatic heterocycles. The molecule has 4 rings (SSSR count). The molecular weight excluding hydrogens is 296 g/mol. The van der Waals surface area contributed by atoms with Crippen LogP contribution in [0.15, 0.2) is 36.4 Å². The monoisotopic (exact) mass is 318 g/mol. The summed E-state index contributed by atoms with van der Waals surface area (Å²) in [6, 6.07) is 12.5. The second kappa shape index (κ2) is 5.48. The molecule has 0 saturated heterocycles. The largest absolute Gasteiger partial charge is 0.342 e. The number of hydrogen-bond acceptors (Lipinski definition) is 2. The zero-order valence-corrected chi connectivity index (χ0v) is 14.5. The van der Waals surface area contributed by atoms with Crippen LogP contribution in [0.5, 0.6) is 0 Å². The number of nitrogens with zero attached hydrogens (tertiary/aromatic N) is 2. The molecule has 0 radical (unpaired) electrons. The van der Waals surface area contributed by atoms with Crippen LogP contribution in [0, 0.1) is 13.8 Å². The minimum atomic E-state index is 0.248. The highest BCUT2D eigenvalue weighted by Gasteiger charge is 2.22. The lowest BCUT2D eigenvalue weighted by Crippen LogP contribution is -2.08. The summed E-state index contributed by atoms with van der Waals surface area (Å²) in [5.41, 5.74) is 6.73. The first-order valence-electron chi connectivity index (χ1n) is 8.45. The maximum absolute atomic E-state index is 4.83. The van der Waals surface area contributed by atoms with E-state index in [2.05, 4.69) is 74.1 Å². The van der Waals surface area contributed by atoms with Gasteiger partial charge in [0.25, 0.3) is 0 Å². The maximum Gasteiger partial charge on any atom is 0.110 e. The van der Waals surface area contributed by atoms with Crippen LogP contribution in [0.3, 0.4) is 0 Å². The number of aromatic amines is 2. The van der Waals surface area contributed by atoms with Gasteiger partial charge in [0.1, 0.15) is 11.6 Å². The number of nitrogens with one attached hydrogen (secondary N) is 2. The van der Waals surface area contributed by atoms with Gasteiger partial charge in [-0.2, -0.15) is 0 Å². The molecule has 122 valence electrons. The first-order valence-corrected chi connectivity index (χ1v) is 8.45. The third kappa shape index (κ3) is 2.30. The van der Waals surface area contributed by atoms with Gasteiger partial charge in [0.05, 0.1) is 22.1 Å². The molecule has 0 aliphatic carbocycles. The van der Waals surface area contributed by atoms with Crippen molar-refractivity contribution in [2.24, 2.45) is 0 Å². The van der Waals surface area contributed by atoms with E-state index in [0.29, 0.717) is 0 Å². The second-order valence-electron chi connectivity index (χ2n) is 6.76. The van der Waals surface area contributed by atoms with Crippen LogP contribution in [0.25, 0.3) is 22.1 Å². The first-order chi connectivity index (χ1) is 11.5. The van der Waals surface area contributed by atoms with Crippen molar-refractivity contribution in [1.29, 1.82) is 0 Å². The normalized spacial score (nSPS) is 14.3. The van der Waals surface area contributed by atoms with E-state index in [9.17, 15) is 0 Å². The van der Waals surface area contributed by atoms with Crippen LogP contribution >= 0.6 is 0 Å². The lowest BCUT2D eigenvalue weighted by molar-refractivity contribution is 0.573. The highest BCUT2D eigenvalue weighted by atomic mass is 15.0. The molecule has 0 amide bonds. The van der Waals surface area contributed by atoms with Crippen molar-refractivity contribution in [3.8, 4) is 0 Å². The molecule has 4 nitrogen and oxygen atoms in total. The Morgan fingerprint density at radius 2 is 1.12 bits per heavy atom. The lowest BCUT2D eigenvalue weighted by atomic mass is 9.95. The summed E-state index contributed by atoms with van der Waals surface area (Å²) >= 11 is 0. The summed E-state index contributed by atoms with van der Waals surface area (Å²) in [7, 11) is 0. The van der Waals surface area contributed by atoms with E-state index >= 15 is 0 Å². The highest BCUT2D eigenvalue weighted by Crippen LogP contribution is 2.32. The van der Waals surface area contributed by atoms with E-state index in [1.54, 1.807) is 0 Å². The van der Waals surface area contributed by atoms with E-state index in [-0.39, 0.29) is 11.8 Å². The molecule has 0 spiro atoms. The molecule has 4 aromatic rings. The summed E-state index contributed by atoms with van der Waals surface area (Å²) in [6.07, 6.45) is 0. The van der Waals surface area contributed by atoms with Crippen molar-refractivity contribution in [3.05, 3.63) is 59.2 Å². The number of benzene rings is 2. The Kier molecular flexibility index (Phi) is 3.41. The first kappa shape index (κ1) is 14.9. The average molecular weight is 318 g/mol. The Balaban J connectivity index is 1.72. The van der Waals surface area contributed by atoms with Crippen LogP contribution in [-0.4, -0.2) is 19.9 Å². The Morgan fingerprint density at radius 3 is 1.50 bits per heavy atom. The van der Waals surface area contributed by atoms with Gasteiger partial charge >= 0.3 is 0 Å². The van der Waals surface area contributed by atoms with Crippen molar-refractivity contribution < 1.29 is 0 Å². The summed E-state index contributed by atoms with van der Waals surface area (Å²) in [5, 5.41) is 0. The van der Waals surface area contributed by atoms with Crippen molar-refractivity contribution in [2.75, 3.05) is 0 Å². The predicted molar refractivity (Wildman–Crippen MR) is 98.5 cm³/mol. The van der Waals surface area contributed by atoms with Gasteiger partial charge in [-0.3, -0.25) is 0 Å². The van der Waals surface area contributed by atoms with Gasteiger partial charge < -0.3 is 9.97 Å². The van der Waals surface area contributed by atoms with Gasteiger partial charge in [0.15, 0.2) is 0 Å². The fourth-order valence-corrected chi connectivity index (χ4v) is 3.29. The molecule has 24 heavy (non-hydrogen) atoms. The molecule has 2 atom stereocenters. The third-order valence-electron chi connectivity index (χ3n) is 5.08. The van der Waals surface area contributed by atoms with E-state index in [1.807, 2.05) is 0 Å². The van der Waals surface area contributed by atoms with E-state index in [1.165, 1.54) is 11.1 Å². The molecule has 2 unspecified atom stereocenters. The number of H-pyrrole nitrogens is 2. The summed E-state index contributed by atoms with van der Waals surface area (Å²) in [4.78, 5) is 16.6. The van der Waals surface area contributed by atoms with Gasteiger partial charge in [-0.1, -0.05) is 38.1 Å². The van der Waals surface area contributed by atoms with Crippen LogP contribution in [0.4, 0.5) is 0 Å². The zero-order chi connectivity index (χ0) is 16.8. The SMILES string of the molecule is Cc1cccc2[nH]c(C(C)C(C)c3nc4c(C)cccc4[nH]3)nc12. The van der Waals surface area contributed by atoms with Crippen molar-refractivity contribution in [3.63, 3.8) is 0 Å². The van der Waals surface area contributed by atoms with E-state index in [4.69, 9.17) is 9.97 Å². The minimum absolute atomic E-state index is 0.248. The molecule has 0 aliphatic rings. The van der Waals surface area contributed by atoms with Gasteiger partial charge in [-0.05, 0) is 37.1 Å². The molecule has 2 N–H and O–H groups in total.